The van der Waals surface area contributed by atoms with Gasteiger partial charge in [0.25, 0.3) is 0 Å². The van der Waals surface area contributed by atoms with Crippen LogP contribution in [0.4, 0.5) is 0 Å². The van der Waals surface area contributed by atoms with Crippen LogP contribution in [-0.4, -0.2) is 21.8 Å². The van der Waals surface area contributed by atoms with E-state index in [0.717, 1.165) is 11.1 Å². The molecule has 2 aromatic carbocycles. The zero-order valence-electron chi connectivity index (χ0n) is 11.4. The molecule has 0 spiro atoms. The molecular weight excluding hydrogens is 252 g/mol. The van der Waals surface area contributed by atoms with E-state index in [4.69, 9.17) is 0 Å². The molecular formula is C16H16N2O2. The molecule has 0 saturated carbocycles. The quantitative estimate of drug-likeness (QED) is 0.509. The van der Waals surface area contributed by atoms with Crippen LogP contribution in [-0.2, 0) is 0 Å². The van der Waals surface area contributed by atoms with Gasteiger partial charge in [-0.1, -0.05) is 57.8 Å². The van der Waals surface area contributed by atoms with E-state index in [1.165, 1.54) is 0 Å². The summed E-state index contributed by atoms with van der Waals surface area (Å²) < 4.78 is 0. The molecule has 0 fully saturated rings. The first kappa shape index (κ1) is 13.8. The lowest BCUT2D eigenvalue weighted by Crippen LogP contribution is -2.17. The van der Waals surface area contributed by atoms with Crippen molar-refractivity contribution in [2.75, 3.05) is 0 Å². The van der Waals surface area contributed by atoms with Crippen molar-refractivity contribution in [3.05, 3.63) is 70.8 Å². The molecule has 0 bridgehead atoms. The Hall–Kier alpha value is -2.62. The number of oxime groups is 2. The number of hydrogen-bond donors (Lipinski definition) is 2. The highest BCUT2D eigenvalue weighted by Gasteiger charge is 2.16. The average Bonchev–Trinajstić information content (AvgIpc) is 2.44. The van der Waals surface area contributed by atoms with Crippen LogP contribution in [0, 0.1) is 13.8 Å². The van der Waals surface area contributed by atoms with Gasteiger partial charge in [0.1, 0.15) is 11.4 Å². The second-order valence-corrected chi connectivity index (χ2v) is 4.64. The van der Waals surface area contributed by atoms with Gasteiger partial charge in [-0.15, -0.1) is 0 Å². The molecule has 4 nitrogen and oxygen atoms in total. The Labute approximate surface area is 117 Å². The van der Waals surface area contributed by atoms with Crippen molar-refractivity contribution >= 4 is 11.4 Å². The number of nitrogens with zero attached hydrogens (tertiary/aromatic N) is 2. The molecule has 0 aliphatic rings. The van der Waals surface area contributed by atoms with Crippen LogP contribution < -0.4 is 0 Å². The van der Waals surface area contributed by atoms with Gasteiger partial charge >= 0.3 is 0 Å². The van der Waals surface area contributed by atoms with Crippen LogP contribution >= 0.6 is 0 Å². The van der Waals surface area contributed by atoms with E-state index < -0.39 is 0 Å². The second-order valence-electron chi connectivity index (χ2n) is 4.64. The second kappa shape index (κ2) is 6.02. The van der Waals surface area contributed by atoms with E-state index in [1.54, 1.807) is 0 Å². The van der Waals surface area contributed by atoms with Crippen LogP contribution in [0.15, 0.2) is 58.8 Å². The maximum Gasteiger partial charge on any atom is 0.139 e. The fourth-order valence-electron chi connectivity index (χ4n) is 2.07. The molecule has 0 saturated heterocycles. The molecule has 0 radical (unpaired) electrons. The first-order chi connectivity index (χ1) is 9.65. The molecule has 0 aromatic heterocycles. The molecule has 0 unspecified atom stereocenters. The molecule has 2 aromatic rings. The summed E-state index contributed by atoms with van der Waals surface area (Å²) in [4.78, 5) is 0. The lowest BCUT2D eigenvalue weighted by molar-refractivity contribution is 0.314. The van der Waals surface area contributed by atoms with E-state index in [2.05, 4.69) is 10.3 Å². The van der Waals surface area contributed by atoms with Crippen LogP contribution in [0.2, 0.25) is 0 Å². The SMILES string of the molecule is Cc1cccc(C(=N\O)/C(=N/O)c2cccc(C)c2)c1. The summed E-state index contributed by atoms with van der Waals surface area (Å²) in [5.74, 6) is 0. The summed E-state index contributed by atoms with van der Waals surface area (Å²) in [6.45, 7) is 3.89. The first-order valence-electron chi connectivity index (χ1n) is 6.24. The van der Waals surface area contributed by atoms with Crippen LogP contribution in [0.1, 0.15) is 22.3 Å². The lowest BCUT2D eigenvalue weighted by Gasteiger charge is -2.08. The van der Waals surface area contributed by atoms with Crippen molar-refractivity contribution in [3.8, 4) is 0 Å². The van der Waals surface area contributed by atoms with E-state index >= 15 is 0 Å². The highest BCUT2D eigenvalue weighted by molar-refractivity contribution is 6.53. The van der Waals surface area contributed by atoms with Crippen LogP contribution in [0.3, 0.4) is 0 Å². The average molecular weight is 268 g/mol. The zero-order valence-corrected chi connectivity index (χ0v) is 11.4. The summed E-state index contributed by atoms with van der Waals surface area (Å²) in [5.41, 5.74) is 3.93. The molecule has 20 heavy (non-hydrogen) atoms. The number of aryl methyl sites for hydroxylation is 2. The number of rotatable bonds is 3. The third-order valence-corrected chi connectivity index (χ3v) is 3.01. The van der Waals surface area contributed by atoms with E-state index in [9.17, 15) is 10.4 Å². The standard InChI is InChI=1S/C16H16N2O2/c1-11-5-3-7-13(9-11)15(17-19)16(18-20)14-8-4-6-12(2)10-14/h3-10,19-20H,1-2H3/b17-15+,18-16+. The summed E-state index contributed by atoms with van der Waals surface area (Å²) in [5, 5.41) is 25.2. The van der Waals surface area contributed by atoms with E-state index in [1.807, 2.05) is 62.4 Å². The molecule has 102 valence electrons. The van der Waals surface area contributed by atoms with Gasteiger partial charge in [0, 0.05) is 11.1 Å². The van der Waals surface area contributed by atoms with Crippen molar-refractivity contribution in [1.29, 1.82) is 0 Å². The van der Waals surface area contributed by atoms with E-state index in [-0.39, 0.29) is 11.4 Å². The van der Waals surface area contributed by atoms with Gasteiger partial charge in [0.15, 0.2) is 0 Å². The van der Waals surface area contributed by atoms with Gasteiger partial charge in [0.05, 0.1) is 0 Å². The minimum absolute atomic E-state index is 0.238. The number of benzene rings is 2. The van der Waals surface area contributed by atoms with Crippen LogP contribution in [0.25, 0.3) is 0 Å². The van der Waals surface area contributed by atoms with Crippen molar-refractivity contribution < 1.29 is 10.4 Å². The van der Waals surface area contributed by atoms with Crippen molar-refractivity contribution in [2.45, 2.75) is 13.8 Å². The first-order valence-corrected chi connectivity index (χ1v) is 6.24. The number of hydrogen-bond acceptors (Lipinski definition) is 4. The summed E-state index contributed by atoms with van der Waals surface area (Å²) >= 11 is 0. The van der Waals surface area contributed by atoms with Crippen molar-refractivity contribution in [3.63, 3.8) is 0 Å². The Kier molecular flexibility index (Phi) is 4.15. The Morgan fingerprint density at radius 1 is 0.750 bits per heavy atom. The highest BCUT2D eigenvalue weighted by Crippen LogP contribution is 2.13. The minimum Gasteiger partial charge on any atom is -0.410 e. The molecule has 2 N–H and O–H groups in total. The van der Waals surface area contributed by atoms with Gasteiger partial charge in [0.2, 0.25) is 0 Å². The Morgan fingerprint density at radius 3 is 1.45 bits per heavy atom. The Bertz CT molecular complexity index is 616. The topological polar surface area (TPSA) is 65.2 Å². The molecule has 2 rings (SSSR count). The maximum atomic E-state index is 9.30. The largest absolute Gasteiger partial charge is 0.410 e. The third kappa shape index (κ3) is 2.85. The van der Waals surface area contributed by atoms with Gasteiger partial charge in [-0.3, -0.25) is 0 Å². The predicted octanol–water partition coefficient (Wildman–Crippen LogP) is 3.36. The van der Waals surface area contributed by atoms with Crippen LogP contribution in [0.5, 0.6) is 0 Å². The molecule has 0 aliphatic carbocycles. The molecule has 0 aliphatic heterocycles. The maximum absolute atomic E-state index is 9.30. The predicted molar refractivity (Wildman–Crippen MR) is 79.0 cm³/mol. The smallest absolute Gasteiger partial charge is 0.139 e. The third-order valence-electron chi connectivity index (χ3n) is 3.01. The molecule has 0 amide bonds. The minimum atomic E-state index is 0.238. The summed E-state index contributed by atoms with van der Waals surface area (Å²) in [7, 11) is 0. The zero-order chi connectivity index (χ0) is 14.5. The van der Waals surface area contributed by atoms with Gasteiger partial charge in [-0.2, -0.15) is 0 Å². The van der Waals surface area contributed by atoms with Crippen molar-refractivity contribution in [1.82, 2.24) is 0 Å². The Balaban J connectivity index is 2.50. The van der Waals surface area contributed by atoms with Gasteiger partial charge in [-0.25, -0.2) is 0 Å². The molecule has 0 heterocycles. The monoisotopic (exact) mass is 268 g/mol. The molecule has 0 atom stereocenters. The summed E-state index contributed by atoms with van der Waals surface area (Å²) in [6.07, 6.45) is 0. The fraction of sp³-hybridized carbons (Fsp3) is 0.125. The Morgan fingerprint density at radius 2 is 1.15 bits per heavy atom. The summed E-state index contributed by atoms with van der Waals surface area (Å²) in [6, 6.07) is 15.0. The lowest BCUT2D eigenvalue weighted by atomic mass is 9.98. The van der Waals surface area contributed by atoms with Crippen molar-refractivity contribution in [2.24, 2.45) is 10.3 Å². The highest BCUT2D eigenvalue weighted by atomic mass is 16.4. The van der Waals surface area contributed by atoms with Gasteiger partial charge in [-0.05, 0) is 26.0 Å². The van der Waals surface area contributed by atoms with Gasteiger partial charge < -0.3 is 10.4 Å². The van der Waals surface area contributed by atoms with E-state index in [0.29, 0.717) is 11.1 Å². The fourth-order valence-corrected chi connectivity index (χ4v) is 2.07. The normalized spacial score (nSPS) is 12.5. The molecule has 4 heteroatoms.